The molecule has 0 heterocycles. The van der Waals surface area contributed by atoms with Crippen molar-refractivity contribution in [1.82, 2.24) is 0 Å². The predicted octanol–water partition coefficient (Wildman–Crippen LogP) is 6.14. The van der Waals surface area contributed by atoms with Gasteiger partial charge in [0.25, 0.3) is 0 Å². The number of rotatable bonds is 18. The van der Waals surface area contributed by atoms with E-state index in [1.165, 1.54) is 32.1 Å². The van der Waals surface area contributed by atoms with Crippen molar-refractivity contribution in [3.8, 4) is 11.5 Å². The van der Waals surface area contributed by atoms with Gasteiger partial charge in [0, 0.05) is 5.75 Å². The van der Waals surface area contributed by atoms with Crippen LogP contribution in [0.1, 0.15) is 80.5 Å². The Labute approximate surface area is 291 Å². The van der Waals surface area contributed by atoms with Gasteiger partial charge < -0.3 is 14.0 Å². The monoisotopic (exact) mass is 634 g/mol. The number of benzene rings is 4. The van der Waals surface area contributed by atoms with Crippen LogP contribution in [0, 0.1) is 0 Å². The van der Waals surface area contributed by atoms with Gasteiger partial charge in [-0.3, -0.25) is 0 Å². The summed E-state index contributed by atoms with van der Waals surface area (Å²) in [5.41, 5.74) is 6.57. The molecule has 0 aliphatic carbocycles. The van der Waals surface area contributed by atoms with Crippen molar-refractivity contribution in [1.29, 1.82) is 0 Å². The van der Waals surface area contributed by atoms with Crippen molar-refractivity contribution in [2.75, 3.05) is 19.0 Å². The van der Waals surface area contributed by atoms with Crippen LogP contribution < -0.4 is 39.0 Å². The molecule has 0 saturated carbocycles. The third-order valence-corrected chi connectivity index (χ3v) is 8.27. The molecule has 0 aromatic heterocycles. The third kappa shape index (κ3) is 12.4. The van der Waals surface area contributed by atoms with Gasteiger partial charge in [-0.2, -0.15) is 0 Å². The molecular formula is C38H43NaO5S. The number of unbranched alkanes of at least 4 members (excludes halogenated alkanes) is 6. The first-order valence-electron chi connectivity index (χ1n) is 15.7. The van der Waals surface area contributed by atoms with Crippen molar-refractivity contribution in [3.05, 3.63) is 131 Å². The van der Waals surface area contributed by atoms with Crippen LogP contribution in [0.15, 0.2) is 109 Å². The van der Waals surface area contributed by atoms with E-state index in [4.69, 9.17) is 9.47 Å². The zero-order valence-electron chi connectivity index (χ0n) is 26.6. The smallest absolute Gasteiger partial charge is 0.748 e. The van der Waals surface area contributed by atoms with Gasteiger partial charge in [0.2, 0.25) is 0 Å². The summed E-state index contributed by atoms with van der Waals surface area (Å²) in [6.07, 6.45) is 8.20. The molecule has 0 atom stereocenters. The van der Waals surface area contributed by atoms with Gasteiger partial charge >= 0.3 is 29.6 Å². The van der Waals surface area contributed by atoms with Gasteiger partial charge in [-0.15, -0.1) is 0 Å². The summed E-state index contributed by atoms with van der Waals surface area (Å²) < 4.78 is 44.5. The van der Waals surface area contributed by atoms with Crippen LogP contribution in [0.25, 0.3) is 11.1 Å². The number of hydrogen-bond acceptors (Lipinski definition) is 5. The quantitative estimate of drug-likeness (QED) is 0.0569. The van der Waals surface area contributed by atoms with Gasteiger partial charge in [0.05, 0.1) is 23.3 Å². The molecule has 45 heavy (non-hydrogen) atoms. The van der Waals surface area contributed by atoms with E-state index in [9.17, 15) is 13.0 Å². The summed E-state index contributed by atoms with van der Waals surface area (Å²) in [6.45, 7) is 3.31. The summed E-state index contributed by atoms with van der Waals surface area (Å²) in [4.78, 5) is 0. The standard InChI is InChI=1S/C38H44O5S.Na/c1-2-3-4-5-6-13-28-42-35-24-20-33(21-25-35)37(31-16-9-7-10-17-31)38(32-18-11-8-12-19-32)34-22-26-36(27-23-34)43-29-14-15-30-44(39,40)41;/h7-12,16-27H,2-6,13-15,28-30H2,1H3,(H,39,40,41);/q;+1/p-1. The summed E-state index contributed by atoms with van der Waals surface area (Å²) >= 11 is 0. The van der Waals surface area contributed by atoms with Gasteiger partial charge in [-0.05, 0) is 76.9 Å². The van der Waals surface area contributed by atoms with Crippen molar-refractivity contribution >= 4 is 21.3 Å². The largest absolute Gasteiger partial charge is 1.00 e. The normalized spacial score (nSPS) is 11.8. The van der Waals surface area contributed by atoms with E-state index in [0.29, 0.717) is 18.8 Å². The Morgan fingerprint density at radius 3 is 1.33 bits per heavy atom. The summed E-state index contributed by atoms with van der Waals surface area (Å²) in [5, 5.41) is 0. The Bertz CT molecular complexity index is 1540. The van der Waals surface area contributed by atoms with Crippen LogP contribution in [0.5, 0.6) is 11.5 Å². The Morgan fingerprint density at radius 1 is 0.533 bits per heavy atom. The number of ether oxygens (including phenoxy) is 2. The second kappa shape index (κ2) is 19.6. The van der Waals surface area contributed by atoms with Gasteiger partial charge in [-0.25, -0.2) is 8.42 Å². The average molecular weight is 635 g/mol. The van der Waals surface area contributed by atoms with Gasteiger partial charge in [0.15, 0.2) is 0 Å². The maximum atomic E-state index is 10.8. The van der Waals surface area contributed by atoms with E-state index in [2.05, 4.69) is 91.9 Å². The molecule has 5 nitrogen and oxygen atoms in total. The minimum Gasteiger partial charge on any atom is -0.748 e. The zero-order chi connectivity index (χ0) is 31.0. The number of hydrogen-bond donors (Lipinski definition) is 0. The first-order chi connectivity index (χ1) is 21.4. The fraction of sp³-hybridized carbons (Fsp3) is 0.316. The van der Waals surface area contributed by atoms with Crippen LogP contribution in [-0.4, -0.2) is 31.9 Å². The predicted molar refractivity (Wildman–Crippen MR) is 179 cm³/mol. The van der Waals surface area contributed by atoms with E-state index in [1.54, 1.807) is 0 Å². The molecule has 232 valence electrons. The molecular weight excluding hydrogens is 591 g/mol. The van der Waals surface area contributed by atoms with Crippen molar-refractivity contribution in [2.45, 2.75) is 58.3 Å². The molecule has 4 rings (SSSR count). The molecule has 0 bridgehead atoms. The van der Waals surface area contributed by atoms with E-state index >= 15 is 0 Å². The van der Waals surface area contributed by atoms with Crippen molar-refractivity contribution in [2.24, 2.45) is 0 Å². The topological polar surface area (TPSA) is 75.7 Å². The Morgan fingerprint density at radius 2 is 0.911 bits per heavy atom. The molecule has 0 unspecified atom stereocenters. The summed E-state index contributed by atoms with van der Waals surface area (Å²) in [6, 6.07) is 37.2. The molecule has 0 amide bonds. The first-order valence-corrected chi connectivity index (χ1v) is 17.3. The van der Waals surface area contributed by atoms with Crippen LogP contribution in [0.3, 0.4) is 0 Å². The molecule has 0 fully saturated rings. The minimum absolute atomic E-state index is 0. The van der Waals surface area contributed by atoms with Crippen LogP contribution in [0.2, 0.25) is 0 Å². The Kier molecular flexibility index (Phi) is 15.9. The fourth-order valence-corrected chi connectivity index (χ4v) is 5.76. The SMILES string of the molecule is CCCCCCCCOc1ccc(C(=C(c2ccccc2)c2ccc(OCCCCS(=O)(=O)[O-])cc2)c2ccccc2)cc1.[Na+]. The Balaban J connectivity index is 0.00000552. The minimum atomic E-state index is -4.19. The first kappa shape index (κ1) is 36.6. The van der Waals surface area contributed by atoms with Gasteiger partial charge in [0.1, 0.15) is 11.5 Å². The maximum absolute atomic E-state index is 10.8. The van der Waals surface area contributed by atoms with Crippen molar-refractivity contribution in [3.63, 3.8) is 0 Å². The summed E-state index contributed by atoms with van der Waals surface area (Å²) in [7, 11) is -4.19. The molecule has 0 aliphatic rings. The average Bonchev–Trinajstić information content (AvgIpc) is 3.04. The molecule has 0 aliphatic heterocycles. The van der Waals surface area contributed by atoms with E-state index < -0.39 is 10.1 Å². The van der Waals surface area contributed by atoms with E-state index in [1.807, 2.05) is 24.3 Å². The van der Waals surface area contributed by atoms with Crippen molar-refractivity contribution < 1.29 is 52.0 Å². The van der Waals surface area contributed by atoms with E-state index in [-0.39, 0.29) is 41.7 Å². The fourth-order valence-electron chi connectivity index (χ4n) is 5.20. The Hall–Kier alpha value is -2.87. The van der Waals surface area contributed by atoms with Crippen LogP contribution in [-0.2, 0) is 10.1 Å². The molecule has 7 heteroatoms. The van der Waals surface area contributed by atoms with E-state index in [0.717, 1.165) is 52.2 Å². The van der Waals surface area contributed by atoms with Crippen LogP contribution >= 0.6 is 0 Å². The summed E-state index contributed by atoms with van der Waals surface area (Å²) in [5.74, 6) is 1.21. The second-order valence-corrected chi connectivity index (χ2v) is 12.5. The zero-order valence-corrected chi connectivity index (χ0v) is 29.4. The molecule has 0 radical (unpaired) electrons. The van der Waals surface area contributed by atoms with Gasteiger partial charge in [-0.1, -0.05) is 124 Å². The molecule has 0 spiro atoms. The second-order valence-electron chi connectivity index (χ2n) is 11.0. The molecule has 4 aromatic carbocycles. The molecule has 4 aromatic rings. The molecule has 0 saturated heterocycles. The maximum Gasteiger partial charge on any atom is 1.00 e. The third-order valence-electron chi connectivity index (χ3n) is 7.48. The molecule has 0 N–H and O–H groups in total. The van der Waals surface area contributed by atoms with Crippen LogP contribution in [0.4, 0.5) is 0 Å².